The molecule has 1 unspecified atom stereocenters. The van der Waals surface area contributed by atoms with Gasteiger partial charge in [0, 0.05) is 18.2 Å². The van der Waals surface area contributed by atoms with Crippen LogP contribution < -0.4 is 5.32 Å². The molecule has 1 aromatic carbocycles. The summed E-state index contributed by atoms with van der Waals surface area (Å²) in [6, 6.07) is 10.5. The van der Waals surface area contributed by atoms with Crippen LogP contribution in [0.2, 0.25) is 0 Å². The Hall–Kier alpha value is -2.17. The van der Waals surface area contributed by atoms with Crippen LogP contribution in [0.25, 0.3) is 0 Å². The number of rotatable bonds is 6. The Balaban J connectivity index is 1.55. The van der Waals surface area contributed by atoms with E-state index in [0.29, 0.717) is 5.69 Å². The number of nitrogens with zero attached hydrogens (tertiary/aromatic N) is 2. The first-order chi connectivity index (χ1) is 15.3. The third-order valence-corrected chi connectivity index (χ3v) is 9.47. The van der Waals surface area contributed by atoms with E-state index in [1.165, 1.54) is 6.07 Å². The molecule has 1 N–H and O–H groups in total. The summed E-state index contributed by atoms with van der Waals surface area (Å²) in [5.41, 5.74) is 1.75. The third kappa shape index (κ3) is 5.24. The normalized spacial score (nSPS) is 21.3. The summed E-state index contributed by atoms with van der Waals surface area (Å²) in [6.45, 7) is 1.96. The molecule has 0 spiro atoms. The van der Waals surface area contributed by atoms with Crippen LogP contribution in [0.4, 0.5) is 5.69 Å². The largest absolute Gasteiger partial charge is 0.326 e. The number of amides is 2. The van der Waals surface area contributed by atoms with Gasteiger partial charge in [-0.05, 0) is 43.3 Å². The van der Waals surface area contributed by atoms with Crippen molar-refractivity contribution < 1.29 is 18.0 Å². The molecule has 7 nitrogen and oxygen atoms in total. The fourth-order valence-corrected chi connectivity index (χ4v) is 7.30. The first-order valence-electron chi connectivity index (χ1n) is 10.6. The molecule has 1 saturated heterocycles. The molecule has 2 heterocycles. The minimum absolute atomic E-state index is 0.0430. The average molecular weight is 492 g/mol. The van der Waals surface area contributed by atoms with Crippen LogP contribution in [0.5, 0.6) is 0 Å². The molecule has 170 valence electrons. The van der Waals surface area contributed by atoms with Gasteiger partial charge in [-0.1, -0.05) is 54.8 Å². The van der Waals surface area contributed by atoms with E-state index in [4.69, 9.17) is 0 Å². The van der Waals surface area contributed by atoms with Gasteiger partial charge in [-0.15, -0.1) is 15.7 Å². The number of anilines is 1. The zero-order valence-corrected chi connectivity index (χ0v) is 20.1. The number of aryl methyl sites for hydroxylation is 1. The summed E-state index contributed by atoms with van der Waals surface area (Å²) >= 11 is 2.17. The Bertz CT molecular complexity index is 1110. The third-order valence-electron chi connectivity index (χ3n) is 5.56. The molecule has 2 aromatic rings. The lowest BCUT2D eigenvalue weighted by atomic mass is 9.94. The van der Waals surface area contributed by atoms with E-state index in [0.717, 1.165) is 60.8 Å². The maximum Gasteiger partial charge on any atom is 0.294 e. The average Bonchev–Trinajstić information content (AvgIpc) is 3.40. The number of sulfonamides is 1. The van der Waals surface area contributed by atoms with Gasteiger partial charge in [-0.25, -0.2) is 0 Å². The molecule has 1 saturated carbocycles. The summed E-state index contributed by atoms with van der Waals surface area (Å²) < 4.78 is 29.7. The van der Waals surface area contributed by atoms with Crippen molar-refractivity contribution in [1.82, 2.24) is 4.90 Å². The van der Waals surface area contributed by atoms with Crippen molar-refractivity contribution in [2.45, 2.75) is 60.9 Å². The standard InChI is InChI=1S/C22H25N3O4S3/c1-15-9-11-16(12-10-15)23-19(26)14-18-21(27)25(17-6-3-2-4-7-17)22(31-18)24-32(28,29)20-8-5-13-30-20/h5,8-13,17-18H,2-4,6-7,14H2,1H3,(H,23,26). The molecule has 2 aliphatic rings. The molecule has 32 heavy (non-hydrogen) atoms. The van der Waals surface area contributed by atoms with Crippen LogP contribution in [-0.2, 0) is 19.6 Å². The van der Waals surface area contributed by atoms with Gasteiger partial charge in [0.05, 0.1) is 0 Å². The Labute approximate surface area is 196 Å². The van der Waals surface area contributed by atoms with Crippen LogP contribution in [0.15, 0.2) is 50.4 Å². The highest BCUT2D eigenvalue weighted by molar-refractivity contribution is 8.16. The second-order valence-corrected chi connectivity index (χ2v) is 12.0. The van der Waals surface area contributed by atoms with Crippen molar-refractivity contribution in [1.29, 1.82) is 0 Å². The van der Waals surface area contributed by atoms with Crippen LogP contribution in [-0.4, -0.2) is 41.6 Å². The van der Waals surface area contributed by atoms with Gasteiger partial charge >= 0.3 is 0 Å². The van der Waals surface area contributed by atoms with Crippen molar-refractivity contribution in [3.63, 3.8) is 0 Å². The molecule has 10 heteroatoms. The van der Waals surface area contributed by atoms with E-state index in [-0.39, 0.29) is 33.7 Å². The maximum atomic E-state index is 13.3. The van der Waals surface area contributed by atoms with E-state index >= 15 is 0 Å². The van der Waals surface area contributed by atoms with E-state index in [9.17, 15) is 18.0 Å². The Morgan fingerprint density at radius 3 is 2.53 bits per heavy atom. The van der Waals surface area contributed by atoms with Gasteiger partial charge in [0.2, 0.25) is 11.8 Å². The highest BCUT2D eigenvalue weighted by atomic mass is 32.2. The molecule has 4 rings (SSSR count). The lowest BCUT2D eigenvalue weighted by Gasteiger charge is -2.30. The van der Waals surface area contributed by atoms with Gasteiger partial charge in [-0.2, -0.15) is 8.42 Å². The summed E-state index contributed by atoms with van der Waals surface area (Å²) in [4.78, 5) is 27.4. The van der Waals surface area contributed by atoms with Gasteiger partial charge in [-0.3, -0.25) is 14.5 Å². The maximum absolute atomic E-state index is 13.3. The molecular weight excluding hydrogens is 466 g/mol. The van der Waals surface area contributed by atoms with E-state index in [1.54, 1.807) is 16.3 Å². The monoisotopic (exact) mass is 491 g/mol. The highest BCUT2D eigenvalue weighted by Gasteiger charge is 2.43. The van der Waals surface area contributed by atoms with Gasteiger partial charge in [0.1, 0.15) is 9.46 Å². The minimum atomic E-state index is -3.91. The van der Waals surface area contributed by atoms with E-state index in [1.807, 2.05) is 31.2 Å². The molecule has 0 radical (unpaired) electrons. The predicted molar refractivity (Wildman–Crippen MR) is 128 cm³/mol. The first kappa shape index (κ1) is 23.0. The number of amidine groups is 1. The topological polar surface area (TPSA) is 95.9 Å². The van der Waals surface area contributed by atoms with E-state index < -0.39 is 15.3 Å². The number of hydrogen-bond donors (Lipinski definition) is 1. The van der Waals surface area contributed by atoms with Gasteiger partial charge < -0.3 is 5.32 Å². The Morgan fingerprint density at radius 1 is 1.16 bits per heavy atom. The highest BCUT2D eigenvalue weighted by Crippen LogP contribution is 2.36. The Kier molecular flexibility index (Phi) is 7.02. The van der Waals surface area contributed by atoms with Crippen molar-refractivity contribution >= 4 is 55.8 Å². The number of carbonyl (C=O) groups is 2. The van der Waals surface area contributed by atoms with Crippen molar-refractivity contribution in [3.8, 4) is 0 Å². The second kappa shape index (κ2) is 9.76. The zero-order chi connectivity index (χ0) is 22.7. The second-order valence-electron chi connectivity index (χ2n) is 8.01. The SMILES string of the molecule is Cc1ccc(NC(=O)CC2SC(=NS(=O)(=O)c3cccs3)N(C3CCCCC3)C2=O)cc1. The predicted octanol–water partition coefficient (Wildman–Crippen LogP) is 4.41. The van der Waals surface area contributed by atoms with Gasteiger partial charge in [0.25, 0.3) is 10.0 Å². The van der Waals surface area contributed by atoms with Crippen LogP contribution in [0.3, 0.4) is 0 Å². The molecule has 1 atom stereocenters. The number of thiophene rings is 1. The number of nitrogens with one attached hydrogen (secondary N) is 1. The van der Waals surface area contributed by atoms with E-state index in [2.05, 4.69) is 9.71 Å². The first-order valence-corrected chi connectivity index (χ1v) is 13.8. The number of carbonyl (C=O) groups excluding carboxylic acids is 2. The number of thioether (sulfide) groups is 1. The molecule has 2 fully saturated rings. The summed E-state index contributed by atoms with van der Waals surface area (Å²) in [5.74, 6) is -0.522. The quantitative estimate of drug-likeness (QED) is 0.646. The summed E-state index contributed by atoms with van der Waals surface area (Å²) in [5, 5.41) is 3.98. The molecule has 1 aliphatic carbocycles. The van der Waals surface area contributed by atoms with Crippen molar-refractivity contribution in [2.24, 2.45) is 4.40 Å². The Morgan fingerprint density at radius 2 is 1.88 bits per heavy atom. The summed E-state index contributed by atoms with van der Waals surface area (Å²) in [7, 11) is -3.91. The molecular formula is C22H25N3O4S3. The molecule has 1 aromatic heterocycles. The van der Waals surface area contributed by atoms with Crippen molar-refractivity contribution in [2.75, 3.05) is 5.32 Å². The smallest absolute Gasteiger partial charge is 0.294 e. The lowest BCUT2D eigenvalue weighted by Crippen LogP contribution is -2.42. The molecule has 1 aliphatic heterocycles. The molecule has 2 amide bonds. The fraction of sp³-hybridized carbons (Fsp3) is 0.409. The summed E-state index contributed by atoms with van der Waals surface area (Å²) in [6.07, 6.45) is 4.66. The lowest BCUT2D eigenvalue weighted by molar-refractivity contribution is -0.130. The van der Waals surface area contributed by atoms with Crippen LogP contribution in [0, 0.1) is 6.92 Å². The zero-order valence-electron chi connectivity index (χ0n) is 17.7. The van der Waals surface area contributed by atoms with Crippen LogP contribution >= 0.6 is 23.1 Å². The van der Waals surface area contributed by atoms with Gasteiger partial charge in [0.15, 0.2) is 5.17 Å². The van der Waals surface area contributed by atoms with Crippen molar-refractivity contribution in [3.05, 3.63) is 47.3 Å². The minimum Gasteiger partial charge on any atom is -0.326 e. The van der Waals surface area contributed by atoms with Crippen LogP contribution in [0.1, 0.15) is 44.1 Å². The number of benzene rings is 1. The molecule has 0 bridgehead atoms. The fourth-order valence-electron chi connectivity index (χ4n) is 3.93. The number of hydrogen-bond acceptors (Lipinski definition) is 6.